The second kappa shape index (κ2) is 2.70. The molecule has 0 amide bonds. The molecule has 0 saturated heterocycles. The highest BCUT2D eigenvalue weighted by molar-refractivity contribution is 4.87. The fraction of sp³-hybridized carbons (Fsp3) is 1.00. The second-order valence-corrected chi connectivity index (χ2v) is 3.23. The Balaban J connectivity index is 2.11. The van der Waals surface area contributed by atoms with Crippen LogP contribution in [-0.2, 0) is 0 Å². The third-order valence-corrected chi connectivity index (χ3v) is 2.25. The predicted octanol–water partition coefficient (Wildman–Crippen LogP) is 1.80. The van der Waals surface area contributed by atoms with E-state index in [-0.39, 0.29) is 6.10 Å². The Bertz CT molecular complexity index is 90.6. The van der Waals surface area contributed by atoms with Crippen LogP contribution in [0.4, 0.5) is 0 Å². The standard InChI is InChI=1S/C8H16O/c1-3-4-8(9)7-5-6(7)2/h6-9H,3-5H2,1-2H3. The molecule has 0 bridgehead atoms. The summed E-state index contributed by atoms with van der Waals surface area (Å²) >= 11 is 0. The summed E-state index contributed by atoms with van der Waals surface area (Å²) in [6.45, 7) is 4.33. The minimum Gasteiger partial charge on any atom is -0.393 e. The molecular formula is C8H16O. The van der Waals surface area contributed by atoms with Crippen LogP contribution in [0.3, 0.4) is 0 Å². The van der Waals surface area contributed by atoms with E-state index in [9.17, 15) is 5.11 Å². The number of aliphatic hydroxyl groups is 1. The zero-order chi connectivity index (χ0) is 6.85. The van der Waals surface area contributed by atoms with Crippen molar-refractivity contribution in [3.8, 4) is 0 Å². The van der Waals surface area contributed by atoms with Gasteiger partial charge in [0.05, 0.1) is 6.10 Å². The summed E-state index contributed by atoms with van der Waals surface area (Å²) in [6, 6.07) is 0. The van der Waals surface area contributed by atoms with Crippen LogP contribution in [0.5, 0.6) is 0 Å². The Kier molecular flexibility index (Phi) is 2.12. The van der Waals surface area contributed by atoms with Gasteiger partial charge in [0.15, 0.2) is 0 Å². The molecule has 0 aromatic rings. The molecule has 0 radical (unpaired) electrons. The van der Waals surface area contributed by atoms with Crippen molar-refractivity contribution in [2.75, 3.05) is 0 Å². The zero-order valence-electron chi connectivity index (χ0n) is 6.30. The first kappa shape index (κ1) is 7.07. The Morgan fingerprint density at radius 2 is 2.22 bits per heavy atom. The summed E-state index contributed by atoms with van der Waals surface area (Å²) in [4.78, 5) is 0. The van der Waals surface area contributed by atoms with Crippen LogP contribution in [0.2, 0.25) is 0 Å². The number of rotatable bonds is 3. The highest BCUT2D eigenvalue weighted by Gasteiger charge is 2.37. The van der Waals surface area contributed by atoms with Crippen molar-refractivity contribution >= 4 is 0 Å². The molecule has 1 fully saturated rings. The molecule has 3 unspecified atom stereocenters. The van der Waals surface area contributed by atoms with E-state index in [0.717, 1.165) is 18.8 Å². The van der Waals surface area contributed by atoms with E-state index in [1.807, 2.05) is 0 Å². The summed E-state index contributed by atoms with van der Waals surface area (Å²) in [7, 11) is 0. The van der Waals surface area contributed by atoms with Gasteiger partial charge in [-0.25, -0.2) is 0 Å². The average Bonchev–Trinajstić information content (AvgIpc) is 2.47. The van der Waals surface area contributed by atoms with E-state index in [0.29, 0.717) is 5.92 Å². The van der Waals surface area contributed by atoms with Gasteiger partial charge in [-0.05, 0) is 24.7 Å². The lowest BCUT2D eigenvalue weighted by atomic mass is 10.1. The van der Waals surface area contributed by atoms with Crippen molar-refractivity contribution in [3.63, 3.8) is 0 Å². The van der Waals surface area contributed by atoms with Gasteiger partial charge in [-0.3, -0.25) is 0 Å². The third kappa shape index (κ3) is 1.68. The molecule has 54 valence electrons. The van der Waals surface area contributed by atoms with E-state index < -0.39 is 0 Å². The molecule has 1 N–H and O–H groups in total. The van der Waals surface area contributed by atoms with Gasteiger partial charge in [-0.2, -0.15) is 0 Å². The summed E-state index contributed by atoms with van der Waals surface area (Å²) < 4.78 is 0. The first-order chi connectivity index (χ1) is 4.25. The van der Waals surface area contributed by atoms with Crippen LogP contribution >= 0.6 is 0 Å². The minimum atomic E-state index is 0.00463. The van der Waals surface area contributed by atoms with E-state index in [2.05, 4.69) is 13.8 Å². The molecule has 0 spiro atoms. The quantitative estimate of drug-likeness (QED) is 0.614. The summed E-state index contributed by atoms with van der Waals surface area (Å²) in [5, 5.41) is 9.36. The number of hydrogen-bond donors (Lipinski definition) is 1. The van der Waals surface area contributed by atoms with Crippen molar-refractivity contribution in [2.45, 2.75) is 39.2 Å². The lowest BCUT2D eigenvalue weighted by Crippen LogP contribution is -2.08. The predicted molar refractivity (Wildman–Crippen MR) is 38.2 cm³/mol. The topological polar surface area (TPSA) is 20.2 Å². The molecule has 0 aromatic heterocycles. The molecular weight excluding hydrogens is 112 g/mol. The van der Waals surface area contributed by atoms with Gasteiger partial charge in [0.2, 0.25) is 0 Å². The van der Waals surface area contributed by atoms with Gasteiger partial charge in [0.1, 0.15) is 0 Å². The first-order valence-electron chi connectivity index (χ1n) is 3.93. The Hall–Kier alpha value is -0.0400. The first-order valence-corrected chi connectivity index (χ1v) is 3.93. The largest absolute Gasteiger partial charge is 0.393 e. The summed E-state index contributed by atoms with van der Waals surface area (Å²) in [6.07, 6.45) is 3.37. The van der Waals surface area contributed by atoms with E-state index in [4.69, 9.17) is 0 Å². The van der Waals surface area contributed by atoms with Crippen molar-refractivity contribution < 1.29 is 5.11 Å². The molecule has 3 atom stereocenters. The van der Waals surface area contributed by atoms with Gasteiger partial charge >= 0.3 is 0 Å². The molecule has 1 nitrogen and oxygen atoms in total. The highest BCUT2D eigenvalue weighted by Crippen LogP contribution is 2.41. The van der Waals surface area contributed by atoms with E-state index >= 15 is 0 Å². The van der Waals surface area contributed by atoms with Crippen LogP contribution in [0.25, 0.3) is 0 Å². The van der Waals surface area contributed by atoms with Crippen LogP contribution in [0, 0.1) is 11.8 Å². The Morgan fingerprint density at radius 1 is 1.67 bits per heavy atom. The molecule has 1 saturated carbocycles. The lowest BCUT2D eigenvalue weighted by molar-refractivity contribution is 0.135. The maximum atomic E-state index is 9.36. The summed E-state index contributed by atoms with van der Waals surface area (Å²) in [5.41, 5.74) is 0. The van der Waals surface area contributed by atoms with Crippen LogP contribution in [0.15, 0.2) is 0 Å². The molecule has 9 heavy (non-hydrogen) atoms. The van der Waals surface area contributed by atoms with Gasteiger partial charge in [-0.1, -0.05) is 20.3 Å². The molecule has 0 aromatic carbocycles. The number of aliphatic hydroxyl groups excluding tert-OH is 1. The molecule has 1 aliphatic carbocycles. The molecule has 1 heteroatoms. The zero-order valence-corrected chi connectivity index (χ0v) is 6.30. The van der Waals surface area contributed by atoms with Crippen molar-refractivity contribution in [3.05, 3.63) is 0 Å². The lowest BCUT2D eigenvalue weighted by Gasteiger charge is -2.05. The van der Waals surface area contributed by atoms with Crippen LogP contribution < -0.4 is 0 Å². The van der Waals surface area contributed by atoms with Crippen molar-refractivity contribution in [1.82, 2.24) is 0 Å². The van der Waals surface area contributed by atoms with Gasteiger partial charge in [-0.15, -0.1) is 0 Å². The van der Waals surface area contributed by atoms with Crippen molar-refractivity contribution in [2.24, 2.45) is 11.8 Å². The number of hydrogen-bond acceptors (Lipinski definition) is 1. The molecule has 0 aliphatic heterocycles. The van der Waals surface area contributed by atoms with E-state index in [1.54, 1.807) is 0 Å². The summed E-state index contributed by atoms with van der Waals surface area (Å²) in [5.74, 6) is 1.44. The van der Waals surface area contributed by atoms with Crippen LogP contribution in [0.1, 0.15) is 33.1 Å². The normalized spacial score (nSPS) is 36.3. The maximum absolute atomic E-state index is 9.36. The molecule has 0 heterocycles. The highest BCUT2D eigenvalue weighted by atomic mass is 16.3. The van der Waals surface area contributed by atoms with Crippen molar-refractivity contribution in [1.29, 1.82) is 0 Å². The Labute approximate surface area is 57.1 Å². The minimum absolute atomic E-state index is 0.00463. The smallest absolute Gasteiger partial charge is 0.0570 e. The monoisotopic (exact) mass is 128 g/mol. The Morgan fingerprint density at radius 3 is 2.56 bits per heavy atom. The fourth-order valence-corrected chi connectivity index (χ4v) is 1.40. The average molecular weight is 128 g/mol. The maximum Gasteiger partial charge on any atom is 0.0570 e. The van der Waals surface area contributed by atoms with Gasteiger partial charge < -0.3 is 5.11 Å². The fourth-order valence-electron chi connectivity index (χ4n) is 1.40. The second-order valence-electron chi connectivity index (χ2n) is 3.23. The van der Waals surface area contributed by atoms with Gasteiger partial charge in [0.25, 0.3) is 0 Å². The van der Waals surface area contributed by atoms with E-state index in [1.165, 1.54) is 6.42 Å². The SMILES string of the molecule is CCCC(O)C1CC1C. The molecule has 1 rings (SSSR count). The van der Waals surface area contributed by atoms with Gasteiger partial charge in [0, 0.05) is 0 Å². The molecule has 1 aliphatic rings. The van der Waals surface area contributed by atoms with Crippen LogP contribution in [-0.4, -0.2) is 11.2 Å². The third-order valence-electron chi connectivity index (χ3n) is 2.25.